The Morgan fingerprint density at radius 3 is 2.86 bits per heavy atom. The zero-order chi connectivity index (χ0) is 15.8. The first-order chi connectivity index (χ1) is 10.7. The van der Waals surface area contributed by atoms with Gasteiger partial charge in [0.2, 0.25) is 5.91 Å². The second-order valence-electron chi connectivity index (χ2n) is 5.91. The Labute approximate surface area is 132 Å². The number of rotatable bonds is 7. The highest BCUT2D eigenvalue weighted by Gasteiger charge is 2.24. The molecule has 0 radical (unpaired) electrons. The van der Waals surface area contributed by atoms with E-state index >= 15 is 0 Å². The van der Waals surface area contributed by atoms with Crippen LogP contribution in [-0.4, -0.2) is 30.5 Å². The summed E-state index contributed by atoms with van der Waals surface area (Å²) in [6, 6.07) is 8.31. The first-order valence-electron chi connectivity index (χ1n) is 8.17. The summed E-state index contributed by atoms with van der Waals surface area (Å²) in [5.74, 6) is 6.17. The van der Waals surface area contributed by atoms with Crippen molar-refractivity contribution in [3.05, 3.63) is 29.8 Å². The van der Waals surface area contributed by atoms with Gasteiger partial charge in [0, 0.05) is 12.5 Å². The van der Waals surface area contributed by atoms with Gasteiger partial charge in [0.15, 0.2) is 0 Å². The fourth-order valence-corrected chi connectivity index (χ4v) is 2.80. The minimum atomic E-state index is -0.0361. The van der Waals surface area contributed by atoms with Crippen molar-refractivity contribution in [3.8, 4) is 5.75 Å². The molecule has 2 rings (SSSR count). The standard InChI is InChI=1S/C17H27N3O2/c1-2-3-11-22-16-6-4-5-14(12-16)13-20-9-7-15(8-10-20)17(21)19-18/h4-6,12,15H,2-3,7-11,13,18H2,1H3,(H,19,21). The van der Waals surface area contributed by atoms with Gasteiger partial charge in [0.25, 0.3) is 0 Å². The Bertz CT molecular complexity index is 471. The number of hydrogen-bond donors (Lipinski definition) is 2. The predicted molar refractivity (Wildman–Crippen MR) is 87.2 cm³/mol. The van der Waals surface area contributed by atoms with Crippen molar-refractivity contribution < 1.29 is 9.53 Å². The lowest BCUT2D eigenvalue weighted by Gasteiger charge is -2.31. The number of nitrogens with one attached hydrogen (secondary N) is 1. The maximum atomic E-state index is 11.5. The molecule has 5 heteroatoms. The van der Waals surface area contributed by atoms with Gasteiger partial charge in [-0.25, -0.2) is 5.84 Å². The first kappa shape index (κ1) is 16.8. The Morgan fingerprint density at radius 2 is 2.18 bits per heavy atom. The number of carbonyl (C=O) groups is 1. The molecular weight excluding hydrogens is 278 g/mol. The van der Waals surface area contributed by atoms with Crippen LogP contribution in [0.5, 0.6) is 5.75 Å². The predicted octanol–water partition coefficient (Wildman–Crippen LogP) is 2.07. The van der Waals surface area contributed by atoms with E-state index in [0.717, 1.165) is 57.7 Å². The van der Waals surface area contributed by atoms with E-state index in [1.807, 2.05) is 12.1 Å². The molecule has 1 aromatic rings. The van der Waals surface area contributed by atoms with Crippen molar-refractivity contribution in [2.75, 3.05) is 19.7 Å². The lowest BCUT2D eigenvalue weighted by atomic mass is 9.96. The highest BCUT2D eigenvalue weighted by molar-refractivity contribution is 5.78. The number of hydrogen-bond acceptors (Lipinski definition) is 4. The van der Waals surface area contributed by atoms with Crippen LogP contribution in [-0.2, 0) is 11.3 Å². The molecule has 0 atom stereocenters. The van der Waals surface area contributed by atoms with Crippen molar-refractivity contribution in [2.45, 2.75) is 39.2 Å². The summed E-state index contributed by atoms with van der Waals surface area (Å²) < 4.78 is 5.75. The average molecular weight is 305 g/mol. The molecule has 0 bridgehead atoms. The van der Waals surface area contributed by atoms with Gasteiger partial charge in [-0.15, -0.1) is 0 Å². The van der Waals surface area contributed by atoms with E-state index in [1.54, 1.807) is 0 Å². The first-order valence-corrected chi connectivity index (χ1v) is 8.17. The number of nitrogens with zero attached hydrogens (tertiary/aromatic N) is 1. The highest BCUT2D eigenvalue weighted by atomic mass is 16.5. The summed E-state index contributed by atoms with van der Waals surface area (Å²) in [7, 11) is 0. The van der Waals surface area contributed by atoms with E-state index in [-0.39, 0.29) is 11.8 Å². The molecule has 1 fully saturated rings. The normalized spacial score (nSPS) is 16.5. The van der Waals surface area contributed by atoms with Crippen LogP contribution in [0.3, 0.4) is 0 Å². The number of nitrogens with two attached hydrogens (primary N) is 1. The van der Waals surface area contributed by atoms with Crippen LogP contribution < -0.4 is 16.0 Å². The number of carbonyl (C=O) groups excluding carboxylic acids is 1. The minimum Gasteiger partial charge on any atom is -0.494 e. The zero-order valence-corrected chi connectivity index (χ0v) is 13.4. The minimum absolute atomic E-state index is 0.0361. The van der Waals surface area contributed by atoms with Crippen molar-refractivity contribution in [2.24, 2.45) is 11.8 Å². The van der Waals surface area contributed by atoms with E-state index in [4.69, 9.17) is 10.6 Å². The van der Waals surface area contributed by atoms with Crippen molar-refractivity contribution in [3.63, 3.8) is 0 Å². The average Bonchev–Trinajstić information content (AvgIpc) is 2.55. The number of likely N-dealkylation sites (tertiary alicyclic amines) is 1. The van der Waals surface area contributed by atoms with Crippen LogP contribution in [0, 0.1) is 5.92 Å². The topological polar surface area (TPSA) is 67.6 Å². The van der Waals surface area contributed by atoms with Gasteiger partial charge >= 0.3 is 0 Å². The van der Waals surface area contributed by atoms with Crippen molar-refractivity contribution >= 4 is 5.91 Å². The SMILES string of the molecule is CCCCOc1cccc(CN2CCC(C(=O)NN)CC2)c1. The third-order valence-corrected chi connectivity index (χ3v) is 4.17. The van der Waals surface area contributed by atoms with E-state index in [2.05, 4.69) is 29.4 Å². The fraction of sp³-hybridized carbons (Fsp3) is 0.588. The quantitative estimate of drug-likeness (QED) is 0.350. The van der Waals surface area contributed by atoms with Crippen LogP contribution >= 0.6 is 0 Å². The Morgan fingerprint density at radius 1 is 1.41 bits per heavy atom. The second kappa shape index (κ2) is 8.76. The summed E-state index contributed by atoms with van der Waals surface area (Å²) in [6.07, 6.45) is 3.97. The van der Waals surface area contributed by atoms with Crippen LogP contribution in [0.1, 0.15) is 38.2 Å². The fourth-order valence-electron chi connectivity index (χ4n) is 2.80. The number of hydrazine groups is 1. The van der Waals surface area contributed by atoms with Crippen LogP contribution in [0.25, 0.3) is 0 Å². The second-order valence-corrected chi connectivity index (χ2v) is 5.91. The number of unbranched alkanes of at least 4 members (excludes halogenated alkanes) is 1. The molecule has 0 aliphatic carbocycles. The lowest BCUT2D eigenvalue weighted by molar-refractivity contribution is -0.126. The number of ether oxygens (including phenoxy) is 1. The van der Waals surface area contributed by atoms with Crippen molar-refractivity contribution in [1.82, 2.24) is 10.3 Å². The molecule has 0 spiro atoms. The molecule has 1 amide bonds. The summed E-state index contributed by atoms with van der Waals surface area (Å²) in [4.78, 5) is 13.9. The van der Waals surface area contributed by atoms with Crippen LogP contribution in [0.15, 0.2) is 24.3 Å². The summed E-state index contributed by atoms with van der Waals surface area (Å²) in [6.45, 7) is 5.70. The Hall–Kier alpha value is -1.59. The van der Waals surface area contributed by atoms with Gasteiger partial charge in [0.05, 0.1) is 6.61 Å². The summed E-state index contributed by atoms with van der Waals surface area (Å²) in [5, 5.41) is 0. The maximum Gasteiger partial charge on any atom is 0.237 e. The summed E-state index contributed by atoms with van der Waals surface area (Å²) >= 11 is 0. The maximum absolute atomic E-state index is 11.5. The highest BCUT2D eigenvalue weighted by Crippen LogP contribution is 2.21. The number of amides is 1. The van der Waals surface area contributed by atoms with E-state index in [9.17, 15) is 4.79 Å². The van der Waals surface area contributed by atoms with Crippen LogP contribution in [0.4, 0.5) is 0 Å². The molecule has 5 nitrogen and oxygen atoms in total. The third-order valence-electron chi connectivity index (χ3n) is 4.17. The molecule has 1 saturated heterocycles. The molecule has 1 aliphatic rings. The van der Waals surface area contributed by atoms with Gasteiger partial charge in [0.1, 0.15) is 5.75 Å². The molecule has 0 unspecified atom stereocenters. The van der Waals surface area contributed by atoms with Crippen molar-refractivity contribution in [1.29, 1.82) is 0 Å². The van der Waals surface area contributed by atoms with E-state index in [1.165, 1.54) is 5.56 Å². The molecule has 122 valence electrons. The monoisotopic (exact) mass is 305 g/mol. The van der Waals surface area contributed by atoms with E-state index < -0.39 is 0 Å². The molecule has 1 heterocycles. The lowest BCUT2D eigenvalue weighted by Crippen LogP contribution is -2.42. The van der Waals surface area contributed by atoms with Gasteiger partial charge < -0.3 is 4.74 Å². The molecule has 22 heavy (non-hydrogen) atoms. The Kier molecular flexibility index (Phi) is 6.68. The molecule has 3 N–H and O–H groups in total. The molecule has 0 saturated carbocycles. The Balaban J connectivity index is 1.81. The molecule has 0 aromatic heterocycles. The van der Waals surface area contributed by atoms with Gasteiger partial charge in [-0.05, 0) is 50.0 Å². The molecule has 1 aliphatic heterocycles. The summed E-state index contributed by atoms with van der Waals surface area (Å²) in [5.41, 5.74) is 3.52. The third kappa shape index (κ3) is 5.00. The largest absolute Gasteiger partial charge is 0.494 e. The molecular formula is C17H27N3O2. The van der Waals surface area contributed by atoms with Crippen LogP contribution in [0.2, 0.25) is 0 Å². The van der Waals surface area contributed by atoms with Gasteiger partial charge in [-0.3, -0.25) is 15.1 Å². The smallest absolute Gasteiger partial charge is 0.237 e. The number of piperidine rings is 1. The van der Waals surface area contributed by atoms with E-state index in [0.29, 0.717) is 0 Å². The number of benzene rings is 1. The van der Waals surface area contributed by atoms with Gasteiger partial charge in [-0.1, -0.05) is 25.5 Å². The molecule has 1 aromatic carbocycles. The zero-order valence-electron chi connectivity index (χ0n) is 13.4. The van der Waals surface area contributed by atoms with Gasteiger partial charge in [-0.2, -0.15) is 0 Å².